The zero-order valence-electron chi connectivity index (χ0n) is 15.9. The molecule has 0 spiro atoms. The van der Waals surface area contributed by atoms with Gasteiger partial charge in [0.2, 0.25) is 5.91 Å². The number of Topliss-reactive ketones (excluding diaryl/α,β-unsaturated/α-hetero) is 1. The van der Waals surface area contributed by atoms with E-state index in [1.807, 2.05) is 44.2 Å². The van der Waals surface area contributed by atoms with E-state index >= 15 is 0 Å². The normalized spacial score (nSPS) is 10.4. The first kappa shape index (κ1) is 19.2. The zero-order chi connectivity index (χ0) is 19.9. The lowest BCUT2D eigenvalue weighted by Crippen LogP contribution is -2.13. The predicted molar refractivity (Wildman–Crippen MR) is 110 cm³/mol. The van der Waals surface area contributed by atoms with Crippen LogP contribution in [0.25, 0.3) is 0 Å². The third-order valence-electron chi connectivity index (χ3n) is 4.20. The van der Waals surface area contributed by atoms with Gasteiger partial charge in [-0.2, -0.15) is 0 Å². The number of anilines is 3. The number of hydrogen-bond acceptors (Lipinski definition) is 5. The Morgan fingerprint density at radius 3 is 2.21 bits per heavy atom. The Morgan fingerprint density at radius 1 is 0.857 bits per heavy atom. The van der Waals surface area contributed by atoms with E-state index in [0.29, 0.717) is 17.1 Å². The number of aryl methyl sites for hydroxylation is 2. The fraction of sp³-hybridized carbons (Fsp3) is 0.182. The van der Waals surface area contributed by atoms with E-state index in [9.17, 15) is 9.59 Å². The molecule has 0 atom stereocenters. The number of ketones is 1. The topological polar surface area (TPSA) is 84.0 Å². The number of aromatic nitrogens is 2. The molecule has 0 radical (unpaired) electrons. The Balaban J connectivity index is 1.50. The molecular weight excluding hydrogens is 352 g/mol. The van der Waals surface area contributed by atoms with Gasteiger partial charge in [-0.15, -0.1) is 0 Å². The smallest absolute Gasteiger partial charge is 0.224 e. The number of carbonyl (C=O) groups is 2. The summed E-state index contributed by atoms with van der Waals surface area (Å²) in [5.74, 6) is 0.487. The molecule has 142 valence electrons. The number of rotatable bonds is 7. The fourth-order valence-corrected chi connectivity index (χ4v) is 2.64. The maximum atomic E-state index is 12.2. The first-order chi connectivity index (χ1) is 13.5. The number of hydrogen-bond donors (Lipinski definition) is 2. The summed E-state index contributed by atoms with van der Waals surface area (Å²) in [6.45, 7) is 3.87. The molecular formula is C22H22N4O2. The molecule has 0 saturated carbocycles. The summed E-state index contributed by atoms with van der Waals surface area (Å²) in [4.78, 5) is 32.5. The number of carbonyl (C=O) groups excluding carboxylic acids is 2. The summed E-state index contributed by atoms with van der Waals surface area (Å²) in [7, 11) is 0. The van der Waals surface area contributed by atoms with Crippen LogP contribution in [-0.4, -0.2) is 21.7 Å². The van der Waals surface area contributed by atoms with Crippen molar-refractivity contribution in [2.75, 3.05) is 10.6 Å². The van der Waals surface area contributed by atoms with Gasteiger partial charge in [-0.1, -0.05) is 29.8 Å². The molecule has 0 fully saturated rings. The summed E-state index contributed by atoms with van der Waals surface area (Å²) >= 11 is 0. The number of amides is 1. The molecule has 3 aromatic rings. The van der Waals surface area contributed by atoms with Gasteiger partial charge in [0, 0.05) is 41.5 Å². The van der Waals surface area contributed by atoms with Gasteiger partial charge in [-0.05, 0) is 38.1 Å². The van der Waals surface area contributed by atoms with Crippen LogP contribution in [0, 0.1) is 13.8 Å². The lowest BCUT2D eigenvalue weighted by atomic mass is 10.0. The number of nitrogens with zero attached hydrogens (tertiary/aromatic N) is 2. The third kappa shape index (κ3) is 5.48. The second-order valence-electron chi connectivity index (χ2n) is 6.58. The second-order valence-corrected chi connectivity index (χ2v) is 6.58. The van der Waals surface area contributed by atoms with E-state index in [1.165, 1.54) is 6.33 Å². The van der Waals surface area contributed by atoms with Gasteiger partial charge in [0.1, 0.15) is 12.1 Å². The fourth-order valence-electron chi connectivity index (χ4n) is 2.64. The summed E-state index contributed by atoms with van der Waals surface area (Å²) in [5, 5.41) is 5.99. The average Bonchev–Trinajstić information content (AvgIpc) is 2.68. The number of nitrogens with one attached hydrogen (secondary N) is 2. The summed E-state index contributed by atoms with van der Waals surface area (Å²) in [5.41, 5.74) is 4.14. The Bertz CT molecular complexity index is 967. The Morgan fingerprint density at radius 2 is 1.54 bits per heavy atom. The Kier molecular flexibility index (Phi) is 6.11. The highest BCUT2D eigenvalue weighted by Gasteiger charge is 2.09. The van der Waals surface area contributed by atoms with Crippen molar-refractivity contribution < 1.29 is 9.59 Å². The van der Waals surface area contributed by atoms with Crippen molar-refractivity contribution in [1.82, 2.24) is 9.97 Å². The van der Waals surface area contributed by atoms with Crippen LogP contribution in [0.3, 0.4) is 0 Å². The minimum Gasteiger partial charge on any atom is -0.340 e. The lowest BCUT2D eigenvalue weighted by molar-refractivity contribution is -0.116. The second kappa shape index (κ2) is 8.90. The van der Waals surface area contributed by atoms with Crippen molar-refractivity contribution >= 4 is 28.9 Å². The van der Waals surface area contributed by atoms with E-state index in [1.54, 1.807) is 24.3 Å². The maximum Gasteiger partial charge on any atom is 0.224 e. The Hall–Kier alpha value is -3.54. The van der Waals surface area contributed by atoms with Gasteiger partial charge in [0.05, 0.1) is 0 Å². The van der Waals surface area contributed by atoms with E-state index in [-0.39, 0.29) is 24.5 Å². The van der Waals surface area contributed by atoms with E-state index in [2.05, 4.69) is 20.6 Å². The first-order valence-corrected chi connectivity index (χ1v) is 9.05. The molecule has 0 aliphatic carbocycles. The quantitative estimate of drug-likeness (QED) is 0.597. The van der Waals surface area contributed by atoms with Crippen LogP contribution in [0.2, 0.25) is 0 Å². The molecule has 0 saturated heterocycles. The van der Waals surface area contributed by atoms with E-state index in [0.717, 1.165) is 16.9 Å². The van der Waals surface area contributed by atoms with Gasteiger partial charge in [0.15, 0.2) is 5.78 Å². The minimum absolute atomic E-state index is 0.0326. The molecule has 0 bridgehead atoms. The minimum atomic E-state index is -0.187. The lowest BCUT2D eigenvalue weighted by Gasteiger charge is -2.08. The van der Waals surface area contributed by atoms with Crippen LogP contribution < -0.4 is 10.6 Å². The standard InChI is InChI=1S/C22H22N4O2/c1-15-3-5-17(6-4-15)20(27)11-12-22(28)26-19-9-7-18(8-10-19)25-21-13-16(2)23-14-24-21/h3-10,13-14H,11-12H2,1-2H3,(H,26,28)(H,23,24,25). The molecule has 6 heteroatoms. The summed E-state index contributed by atoms with van der Waals surface area (Å²) in [6.07, 6.45) is 1.83. The van der Waals surface area contributed by atoms with Gasteiger partial charge >= 0.3 is 0 Å². The van der Waals surface area contributed by atoms with E-state index < -0.39 is 0 Å². The van der Waals surface area contributed by atoms with Gasteiger partial charge in [0.25, 0.3) is 0 Å². The molecule has 2 aromatic carbocycles. The van der Waals surface area contributed by atoms with Gasteiger partial charge in [-0.25, -0.2) is 9.97 Å². The largest absolute Gasteiger partial charge is 0.340 e. The van der Waals surface area contributed by atoms with Crippen LogP contribution >= 0.6 is 0 Å². The SMILES string of the molecule is Cc1ccc(C(=O)CCC(=O)Nc2ccc(Nc3cc(C)ncn3)cc2)cc1. The van der Waals surface area contributed by atoms with Crippen molar-refractivity contribution in [1.29, 1.82) is 0 Å². The van der Waals surface area contributed by atoms with Crippen LogP contribution in [0.15, 0.2) is 60.9 Å². The molecule has 0 aliphatic rings. The Labute approximate surface area is 164 Å². The molecule has 28 heavy (non-hydrogen) atoms. The highest BCUT2D eigenvalue weighted by molar-refractivity contribution is 6.00. The molecule has 0 unspecified atom stereocenters. The van der Waals surface area contributed by atoms with Gasteiger partial charge < -0.3 is 10.6 Å². The molecule has 2 N–H and O–H groups in total. The molecule has 1 aromatic heterocycles. The molecule has 0 aliphatic heterocycles. The summed E-state index contributed by atoms with van der Waals surface area (Å²) in [6, 6.07) is 16.5. The van der Waals surface area contributed by atoms with Crippen LogP contribution in [-0.2, 0) is 4.79 Å². The third-order valence-corrected chi connectivity index (χ3v) is 4.20. The first-order valence-electron chi connectivity index (χ1n) is 9.05. The van der Waals surface area contributed by atoms with Crippen LogP contribution in [0.4, 0.5) is 17.2 Å². The van der Waals surface area contributed by atoms with E-state index in [4.69, 9.17) is 0 Å². The summed E-state index contributed by atoms with van der Waals surface area (Å²) < 4.78 is 0. The molecule has 6 nitrogen and oxygen atoms in total. The van der Waals surface area contributed by atoms with Crippen LogP contribution in [0.5, 0.6) is 0 Å². The van der Waals surface area contributed by atoms with Crippen LogP contribution in [0.1, 0.15) is 34.5 Å². The van der Waals surface area contributed by atoms with Crippen molar-refractivity contribution in [3.05, 3.63) is 77.7 Å². The highest BCUT2D eigenvalue weighted by atomic mass is 16.2. The molecule has 3 rings (SSSR count). The average molecular weight is 374 g/mol. The zero-order valence-corrected chi connectivity index (χ0v) is 15.9. The van der Waals surface area contributed by atoms with Crippen molar-refractivity contribution in [2.45, 2.75) is 26.7 Å². The van der Waals surface area contributed by atoms with Crippen molar-refractivity contribution in [3.63, 3.8) is 0 Å². The number of benzene rings is 2. The monoisotopic (exact) mass is 374 g/mol. The van der Waals surface area contributed by atoms with Gasteiger partial charge in [-0.3, -0.25) is 9.59 Å². The highest BCUT2D eigenvalue weighted by Crippen LogP contribution is 2.18. The predicted octanol–water partition coefficient (Wildman–Crippen LogP) is 4.44. The van der Waals surface area contributed by atoms with Crippen molar-refractivity contribution in [2.24, 2.45) is 0 Å². The maximum absolute atomic E-state index is 12.2. The van der Waals surface area contributed by atoms with Crippen molar-refractivity contribution in [3.8, 4) is 0 Å². The molecule has 1 amide bonds. The molecule has 1 heterocycles.